The number of fused-ring (bicyclic) bond motifs is 1. The molecule has 3 N–H and O–H groups in total. The van der Waals surface area contributed by atoms with E-state index in [0.29, 0.717) is 42.4 Å². The van der Waals surface area contributed by atoms with Gasteiger partial charge in [0.15, 0.2) is 5.76 Å². The van der Waals surface area contributed by atoms with Crippen molar-refractivity contribution in [1.82, 2.24) is 20.6 Å². The molecule has 1 aromatic carbocycles. The van der Waals surface area contributed by atoms with Crippen molar-refractivity contribution in [3.05, 3.63) is 54.7 Å². The molecule has 0 fully saturated rings. The molecular formula is C28H35N5O4. The molecule has 9 heteroatoms. The maximum atomic E-state index is 12.9. The van der Waals surface area contributed by atoms with E-state index in [1.165, 1.54) is 6.08 Å². The largest absolute Gasteiger partial charge is 0.480 e. The van der Waals surface area contributed by atoms with Crippen LogP contribution in [0.25, 0.3) is 22.2 Å². The molecule has 196 valence electrons. The van der Waals surface area contributed by atoms with Crippen molar-refractivity contribution in [1.29, 1.82) is 5.41 Å². The molecule has 0 aliphatic carbocycles. The number of rotatable bonds is 15. The zero-order valence-corrected chi connectivity index (χ0v) is 21.6. The summed E-state index contributed by atoms with van der Waals surface area (Å²) < 4.78 is 11.7. The molecule has 0 aliphatic rings. The van der Waals surface area contributed by atoms with Crippen LogP contribution in [0.5, 0.6) is 5.88 Å². The van der Waals surface area contributed by atoms with Crippen LogP contribution in [0, 0.1) is 5.41 Å². The Hall–Kier alpha value is -4.01. The molecule has 3 aromatic rings. The van der Waals surface area contributed by atoms with Gasteiger partial charge in [-0.05, 0) is 44.2 Å². The van der Waals surface area contributed by atoms with Crippen molar-refractivity contribution in [3.63, 3.8) is 0 Å². The first-order valence-corrected chi connectivity index (χ1v) is 12.6. The second-order valence-corrected chi connectivity index (χ2v) is 8.77. The molecule has 3 rings (SSSR count). The van der Waals surface area contributed by atoms with E-state index >= 15 is 0 Å². The van der Waals surface area contributed by atoms with Gasteiger partial charge in [-0.15, -0.1) is 0 Å². The summed E-state index contributed by atoms with van der Waals surface area (Å²) in [5, 5.41) is 14.0. The quantitative estimate of drug-likeness (QED) is 0.193. The van der Waals surface area contributed by atoms with Crippen LogP contribution in [0.2, 0.25) is 0 Å². The predicted octanol–water partition coefficient (Wildman–Crippen LogP) is 5.13. The van der Waals surface area contributed by atoms with Crippen molar-refractivity contribution < 1.29 is 18.7 Å². The van der Waals surface area contributed by atoms with Crippen LogP contribution in [0.3, 0.4) is 0 Å². The molecule has 0 saturated carbocycles. The van der Waals surface area contributed by atoms with Crippen molar-refractivity contribution in [2.24, 2.45) is 0 Å². The van der Waals surface area contributed by atoms with Gasteiger partial charge in [0.1, 0.15) is 17.9 Å². The molecule has 9 nitrogen and oxygen atoms in total. The van der Waals surface area contributed by atoms with Crippen LogP contribution in [0.1, 0.15) is 64.3 Å². The molecule has 0 bridgehead atoms. The van der Waals surface area contributed by atoms with E-state index in [0.717, 1.165) is 36.4 Å². The van der Waals surface area contributed by atoms with E-state index in [4.69, 9.17) is 14.6 Å². The van der Waals surface area contributed by atoms with Crippen LogP contribution in [0.15, 0.2) is 53.2 Å². The normalized spacial score (nSPS) is 12.8. The fraction of sp³-hybridized carbons (Fsp3) is 0.393. The highest BCUT2D eigenvalue weighted by molar-refractivity contribution is 5.85. The van der Waals surface area contributed by atoms with Crippen molar-refractivity contribution in [2.75, 3.05) is 7.11 Å². The number of benzene rings is 1. The van der Waals surface area contributed by atoms with Gasteiger partial charge in [-0.25, -0.2) is 9.97 Å². The average molecular weight is 506 g/mol. The van der Waals surface area contributed by atoms with Gasteiger partial charge < -0.3 is 25.2 Å². The first-order chi connectivity index (χ1) is 18.0. The van der Waals surface area contributed by atoms with Gasteiger partial charge in [-0.1, -0.05) is 38.0 Å². The van der Waals surface area contributed by atoms with Gasteiger partial charge in [-0.3, -0.25) is 9.59 Å². The minimum atomic E-state index is -0.514. The number of nitrogens with zero attached hydrogens (tertiary/aromatic N) is 2. The molecule has 2 atom stereocenters. The van der Waals surface area contributed by atoms with Crippen molar-refractivity contribution in [3.8, 4) is 17.2 Å². The van der Waals surface area contributed by atoms with E-state index in [-0.39, 0.29) is 11.7 Å². The van der Waals surface area contributed by atoms with Crippen LogP contribution >= 0.6 is 0 Å². The lowest BCUT2D eigenvalue weighted by atomic mass is 10.0. The summed E-state index contributed by atoms with van der Waals surface area (Å²) >= 11 is 0. The molecular weight excluding hydrogens is 470 g/mol. The molecule has 2 heterocycles. The summed E-state index contributed by atoms with van der Waals surface area (Å²) in [5.74, 6) is 1.37. The van der Waals surface area contributed by atoms with Gasteiger partial charge in [0, 0.05) is 24.4 Å². The number of ketones is 1. The van der Waals surface area contributed by atoms with Gasteiger partial charge in [0.05, 0.1) is 24.4 Å². The molecule has 1 unspecified atom stereocenters. The molecule has 37 heavy (non-hydrogen) atoms. The number of Topliss-reactive ketones (excluding diaryl/α,β-unsaturated/α-hetero) is 1. The van der Waals surface area contributed by atoms with Crippen molar-refractivity contribution >= 4 is 28.8 Å². The molecule has 1 amide bonds. The lowest BCUT2D eigenvalue weighted by Crippen LogP contribution is -2.41. The first-order valence-electron chi connectivity index (χ1n) is 12.6. The van der Waals surface area contributed by atoms with Crippen LogP contribution in [0.4, 0.5) is 0 Å². The fourth-order valence-corrected chi connectivity index (χ4v) is 3.91. The Balaban J connectivity index is 1.80. The number of oxazole rings is 1. The van der Waals surface area contributed by atoms with E-state index in [9.17, 15) is 9.59 Å². The summed E-state index contributed by atoms with van der Waals surface area (Å²) in [7, 11) is 1.56. The number of amides is 1. The number of para-hydroxylation sites is 1. The minimum absolute atomic E-state index is 0.217. The Bertz CT molecular complexity index is 1240. The Labute approximate surface area is 217 Å². The topological polar surface area (TPSA) is 130 Å². The number of hydrogen-bond donors (Lipinski definition) is 3. The third kappa shape index (κ3) is 7.73. The number of ether oxygens (including phenoxy) is 1. The van der Waals surface area contributed by atoms with Gasteiger partial charge >= 0.3 is 0 Å². The smallest absolute Gasteiger partial charge is 0.242 e. The number of carbonyl (C=O) groups excluding carboxylic acids is 2. The zero-order chi connectivity index (χ0) is 26.6. The Morgan fingerprint density at radius 2 is 2.03 bits per heavy atom. The Morgan fingerprint density at radius 1 is 1.22 bits per heavy atom. The van der Waals surface area contributed by atoms with Crippen LogP contribution in [-0.4, -0.2) is 41.0 Å². The Kier molecular flexibility index (Phi) is 10.4. The molecule has 0 saturated heterocycles. The van der Waals surface area contributed by atoms with E-state index < -0.39 is 12.1 Å². The molecule has 0 radical (unpaired) electrons. The summed E-state index contributed by atoms with van der Waals surface area (Å²) in [6.45, 7) is 3.62. The van der Waals surface area contributed by atoms with E-state index in [1.807, 2.05) is 37.3 Å². The standard InChI is InChI=1S/C28H35N5O4/c1-4-21(34)12-6-5-7-14-24(32-26(35)19(2)30-16-10-15-29)28-31-18-25(37-28)22-17-20-11-8-9-13-23(20)33-27(22)36-3/h8-11,13,15-19,24,29-30H,4-7,12,14H2,1-3H3,(H,32,35)/b16-10-,29-15?/t19?,24-/m0/s1. The number of carbonyl (C=O) groups is 2. The monoisotopic (exact) mass is 505 g/mol. The lowest BCUT2D eigenvalue weighted by molar-refractivity contribution is -0.123. The summed E-state index contributed by atoms with van der Waals surface area (Å²) in [5.41, 5.74) is 1.49. The van der Waals surface area contributed by atoms with E-state index in [1.54, 1.807) is 26.4 Å². The first kappa shape index (κ1) is 27.6. The number of allylic oxidation sites excluding steroid dienone is 1. The maximum Gasteiger partial charge on any atom is 0.242 e. The SMILES string of the molecule is CCC(=O)CCCCC[C@H](NC(=O)C(C)N/C=C\C=N)c1ncc(-c2cc3ccccc3nc2OC)o1. The highest BCUT2D eigenvalue weighted by Gasteiger charge is 2.24. The highest BCUT2D eigenvalue weighted by Crippen LogP contribution is 2.33. The second kappa shape index (κ2) is 13.9. The average Bonchev–Trinajstić information content (AvgIpc) is 3.41. The third-order valence-corrected chi connectivity index (χ3v) is 6.06. The van der Waals surface area contributed by atoms with Crippen molar-refractivity contribution in [2.45, 2.75) is 64.5 Å². The van der Waals surface area contributed by atoms with Gasteiger partial charge in [-0.2, -0.15) is 0 Å². The number of pyridine rings is 1. The van der Waals surface area contributed by atoms with Crippen LogP contribution in [-0.2, 0) is 9.59 Å². The Morgan fingerprint density at radius 3 is 2.78 bits per heavy atom. The molecule has 2 aromatic heterocycles. The number of nitrogens with one attached hydrogen (secondary N) is 3. The highest BCUT2D eigenvalue weighted by atomic mass is 16.5. The fourth-order valence-electron chi connectivity index (χ4n) is 3.91. The number of aromatic nitrogens is 2. The van der Waals surface area contributed by atoms with Gasteiger partial charge in [0.2, 0.25) is 17.7 Å². The summed E-state index contributed by atoms with van der Waals surface area (Å²) in [4.78, 5) is 33.5. The lowest BCUT2D eigenvalue weighted by Gasteiger charge is -2.19. The second-order valence-electron chi connectivity index (χ2n) is 8.77. The maximum absolute atomic E-state index is 12.9. The summed E-state index contributed by atoms with van der Waals surface area (Å²) in [6.07, 6.45) is 10.0. The number of hydrogen-bond acceptors (Lipinski definition) is 8. The number of methoxy groups -OCH3 is 1. The molecule has 0 spiro atoms. The van der Waals surface area contributed by atoms with Crippen LogP contribution < -0.4 is 15.4 Å². The van der Waals surface area contributed by atoms with Gasteiger partial charge in [0.25, 0.3) is 0 Å². The predicted molar refractivity (Wildman–Crippen MR) is 144 cm³/mol. The minimum Gasteiger partial charge on any atom is -0.480 e. The zero-order valence-electron chi connectivity index (χ0n) is 21.6. The van der Waals surface area contributed by atoms with E-state index in [2.05, 4.69) is 20.6 Å². The third-order valence-electron chi connectivity index (χ3n) is 6.06. The number of unbranched alkanes of at least 4 members (excludes halogenated alkanes) is 2. The molecule has 0 aliphatic heterocycles. The summed E-state index contributed by atoms with van der Waals surface area (Å²) in [6, 6.07) is 8.74.